The van der Waals surface area contributed by atoms with Crippen LogP contribution in [0.25, 0.3) is 0 Å². The zero-order valence-corrected chi connectivity index (χ0v) is 15.8. The summed E-state index contributed by atoms with van der Waals surface area (Å²) >= 11 is 0. The van der Waals surface area contributed by atoms with Crippen LogP contribution < -0.4 is 20.7 Å². The van der Waals surface area contributed by atoms with Gasteiger partial charge in [0.2, 0.25) is 5.95 Å². The molecule has 1 aromatic heterocycles. The van der Waals surface area contributed by atoms with E-state index in [9.17, 15) is 4.79 Å². The summed E-state index contributed by atoms with van der Waals surface area (Å²) in [6.07, 6.45) is 1.50. The molecule has 1 aromatic carbocycles. The number of hydrogen-bond acceptors (Lipinski definition) is 7. The Morgan fingerprint density at radius 1 is 1.26 bits per heavy atom. The third-order valence-corrected chi connectivity index (χ3v) is 4.78. The monoisotopic (exact) mass is 370 g/mol. The molecule has 1 saturated heterocycles. The lowest BCUT2D eigenvalue weighted by Gasteiger charge is -2.34. The number of nitrogen functional groups attached to an aromatic ring is 1. The van der Waals surface area contributed by atoms with Gasteiger partial charge in [0.05, 0.1) is 12.7 Å². The molecule has 0 spiro atoms. The summed E-state index contributed by atoms with van der Waals surface area (Å²) in [7, 11) is 1.60. The Morgan fingerprint density at radius 2 is 2.00 bits per heavy atom. The van der Waals surface area contributed by atoms with Crippen molar-refractivity contribution in [2.24, 2.45) is 0 Å². The standard InChI is InChI=1S/C19H26N6O2/c1-3-24-8-10-25(11-9-24)19-22-13-15(17(20)23-19)18(26)21-12-14-6-4-5-7-16(14)27-2/h4-7,13H,3,8-12H2,1-2H3,(H,21,26)(H2,20,22,23). The number of carbonyl (C=O) groups is 1. The van der Waals surface area contributed by atoms with E-state index in [1.54, 1.807) is 7.11 Å². The number of rotatable bonds is 6. The highest BCUT2D eigenvalue weighted by Gasteiger charge is 2.20. The number of benzene rings is 1. The van der Waals surface area contributed by atoms with Gasteiger partial charge in [-0.25, -0.2) is 4.98 Å². The molecule has 0 saturated carbocycles. The van der Waals surface area contributed by atoms with Gasteiger partial charge in [0.15, 0.2) is 0 Å². The van der Waals surface area contributed by atoms with Crippen molar-refractivity contribution in [1.29, 1.82) is 0 Å². The van der Waals surface area contributed by atoms with E-state index in [0.717, 1.165) is 44.0 Å². The number of aromatic nitrogens is 2. The molecule has 144 valence electrons. The Kier molecular flexibility index (Phi) is 6.08. The molecule has 2 aromatic rings. The number of nitrogens with zero attached hydrogens (tertiary/aromatic N) is 4. The molecule has 0 unspecified atom stereocenters. The second kappa shape index (κ2) is 8.68. The molecule has 1 aliphatic heterocycles. The summed E-state index contributed by atoms with van der Waals surface area (Å²) in [4.78, 5) is 25.6. The SMILES string of the molecule is CCN1CCN(c2ncc(C(=O)NCc3ccccc3OC)c(N)n2)CC1. The van der Waals surface area contributed by atoms with Crippen molar-refractivity contribution in [2.75, 3.05) is 50.5 Å². The number of methoxy groups -OCH3 is 1. The van der Waals surface area contributed by atoms with E-state index in [0.29, 0.717) is 12.5 Å². The fourth-order valence-corrected chi connectivity index (χ4v) is 3.10. The van der Waals surface area contributed by atoms with Crippen molar-refractivity contribution in [1.82, 2.24) is 20.2 Å². The molecule has 1 fully saturated rings. The Balaban J connectivity index is 1.64. The van der Waals surface area contributed by atoms with E-state index in [4.69, 9.17) is 10.5 Å². The molecule has 0 radical (unpaired) electrons. The summed E-state index contributed by atoms with van der Waals surface area (Å²) in [5.74, 6) is 1.18. The fraction of sp³-hybridized carbons (Fsp3) is 0.421. The van der Waals surface area contributed by atoms with Gasteiger partial charge in [-0.3, -0.25) is 4.79 Å². The first-order chi connectivity index (χ1) is 13.1. The highest BCUT2D eigenvalue weighted by molar-refractivity contribution is 5.98. The first-order valence-corrected chi connectivity index (χ1v) is 9.12. The second-order valence-corrected chi connectivity index (χ2v) is 6.38. The molecule has 27 heavy (non-hydrogen) atoms. The molecule has 0 atom stereocenters. The van der Waals surface area contributed by atoms with Crippen molar-refractivity contribution < 1.29 is 9.53 Å². The van der Waals surface area contributed by atoms with Crippen LogP contribution in [0.5, 0.6) is 5.75 Å². The number of para-hydroxylation sites is 1. The number of carbonyl (C=O) groups excluding carboxylic acids is 1. The quantitative estimate of drug-likeness (QED) is 0.787. The third-order valence-electron chi connectivity index (χ3n) is 4.78. The number of nitrogens with two attached hydrogens (primary N) is 1. The minimum atomic E-state index is -0.305. The van der Waals surface area contributed by atoms with Crippen LogP contribution in [0, 0.1) is 0 Å². The van der Waals surface area contributed by atoms with E-state index in [-0.39, 0.29) is 17.3 Å². The Labute approximate surface area is 159 Å². The minimum absolute atomic E-state index is 0.190. The van der Waals surface area contributed by atoms with E-state index in [1.807, 2.05) is 24.3 Å². The maximum Gasteiger partial charge on any atom is 0.256 e. The smallest absolute Gasteiger partial charge is 0.256 e. The molecular weight excluding hydrogens is 344 g/mol. The van der Waals surface area contributed by atoms with Gasteiger partial charge in [-0.2, -0.15) is 4.98 Å². The van der Waals surface area contributed by atoms with Crippen molar-refractivity contribution in [3.63, 3.8) is 0 Å². The van der Waals surface area contributed by atoms with Crippen LogP contribution in [0.1, 0.15) is 22.8 Å². The molecule has 8 heteroatoms. The van der Waals surface area contributed by atoms with Gasteiger partial charge < -0.3 is 25.6 Å². The third kappa shape index (κ3) is 4.46. The van der Waals surface area contributed by atoms with Gasteiger partial charge in [0.1, 0.15) is 11.6 Å². The second-order valence-electron chi connectivity index (χ2n) is 6.38. The summed E-state index contributed by atoms with van der Waals surface area (Å²) in [5, 5.41) is 2.84. The predicted molar refractivity (Wildman–Crippen MR) is 105 cm³/mol. The first-order valence-electron chi connectivity index (χ1n) is 9.12. The number of amides is 1. The van der Waals surface area contributed by atoms with Crippen molar-refractivity contribution >= 4 is 17.7 Å². The predicted octanol–water partition coefficient (Wildman–Crippen LogP) is 1.14. The summed E-state index contributed by atoms with van der Waals surface area (Å²) in [5.41, 5.74) is 7.20. The van der Waals surface area contributed by atoms with Crippen LogP contribution in [-0.2, 0) is 6.54 Å². The number of likely N-dealkylation sites (N-methyl/N-ethyl adjacent to an activating group) is 1. The summed E-state index contributed by atoms with van der Waals surface area (Å²) in [6.45, 7) is 7.19. The lowest BCUT2D eigenvalue weighted by molar-refractivity contribution is 0.0951. The van der Waals surface area contributed by atoms with Crippen LogP contribution in [0.3, 0.4) is 0 Å². The Morgan fingerprint density at radius 3 is 2.67 bits per heavy atom. The molecule has 1 aliphatic rings. The molecular formula is C19H26N6O2. The number of ether oxygens (including phenoxy) is 1. The zero-order chi connectivity index (χ0) is 19.2. The molecule has 1 amide bonds. The van der Waals surface area contributed by atoms with Crippen molar-refractivity contribution in [2.45, 2.75) is 13.5 Å². The highest BCUT2D eigenvalue weighted by Crippen LogP contribution is 2.18. The van der Waals surface area contributed by atoms with Gasteiger partial charge in [-0.1, -0.05) is 25.1 Å². The van der Waals surface area contributed by atoms with Crippen LogP contribution in [0.2, 0.25) is 0 Å². The lowest BCUT2D eigenvalue weighted by atomic mass is 10.2. The van der Waals surface area contributed by atoms with Gasteiger partial charge in [-0.05, 0) is 12.6 Å². The largest absolute Gasteiger partial charge is 0.496 e. The molecule has 0 bridgehead atoms. The first kappa shape index (κ1) is 18.9. The molecule has 3 rings (SSSR count). The van der Waals surface area contributed by atoms with E-state index in [1.165, 1.54) is 6.20 Å². The van der Waals surface area contributed by atoms with Crippen LogP contribution in [0.15, 0.2) is 30.5 Å². The zero-order valence-electron chi connectivity index (χ0n) is 15.8. The molecule has 3 N–H and O–H groups in total. The summed E-state index contributed by atoms with van der Waals surface area (Å²) in [6, 6.07) is 7.54. The van der Waals surface area contributed by atoms with Crippen molar-refractivity contribution in [3.05, 3.63) is 41.6 Å². The van der Waals surface area contributed by atoms with Crippen molar-refractivity contribution in [3.8, 4) is 5.75 Å². The lowest BCUT2D eigenvalue weighted by Crippen LogP contribution is -2.46. The maximum absolute atomic E-state index is 12.5. The number of hydrogen-bond donors (Lipinski definition) is 2. The van der Waals surface area contributed by atoms with Gasteiger partial charge in [0, 0.05) is 44.5 Å². The van der Waals surface area contributed by atoms with Gasteiger partial charge in [-0.15, -0.1) is 0 Å². The fourth-order valence-electron chi connectivity index (χ4n) is 3.10. The molecule has 0 aliphatic carbocycles. The van der Waals surface area contributed by atoms with Gasteiger partial charge >= 0.3 is 0 Å². The maximum atomic E-state index is 12.5. The van der Waals surface area contributed by atoms with E-state index >= 15 is 0 Å². The highest BCUT2D eigenvalue weighted by atomic mass is 16.5. The molecule has 2 heterocycles. The van der Waals surface area contributed by atoms with Crippen LogP contribution in [0.4, 0.5) is 11.8 Å². The Hall–Kier alpha value is -2.87. The number of anilines is 2. The average Bonchev–Trinajstić information content (AvgIpc) is 2.72. The summed E-state index contributed by atoms with van der Waals surface area (Å²) < 4.78 is 5.30. The Bertz CT molecular complexity index is 790. The average molecular weight is 370 g/mol. The number of piperazine rings is 1. The van der Waals surface area contributed by atoms with Gasteiger partial charge in [0.25, 0.3) is 5.91 Å². The number of nitrogens with one attached hydrogen (secondary N) is 1. The minimum Gasteiger partial charge on any atom is -0.496 e. The molecule has 8 nitrogen and oxygen atoms in total. The normalized spacial score (nSPS) is 14.8. The topological polar surface area (TPSA) is 96.6 Å². The van der Waals surface area contributed by atoms with E-state index < -0.39 is 0 Å². The van der Waals surface area contributed by atoms with Crippen LogP contribution >= 0.6 is 0 Å². The van der Waals surface area contributed by atoms with Crippen LogP contribution in [-0.4, -0.2) is 60.6 Å². The van der Waals surface area contributed by atoms with E-state index in [2.05, 4.69) is 32.0 Å².